The first-order chi connectivity index (χ1) is 6.64. The zero-order chi connectivity index (χ0) is 10.4. The highest BCUT2D eigenvalue weighted by molar-refractivity contribution is 5.14. The van der Waals surface area contributed by atoms with Crippen molar-refractivity contribution < 1.29 is 5.11 Å². The van der Waals surface area contributed by atoms with E-state index in [0.29, 0.717) is 0 Å². The largest absolute Gasteiger partial charge is 0.390 e. The van der Waals surface area contributed by atoms with E-state index in [2.05, 4.69) is 19.1 Å². The van der Waals surface area contributed by atoms with Gasteiger partial charge in [0.25, 0.3) is 0 Å². The van der Waals surface area contributed by atoms with E-state index in [1.807, 2.05) is 25.1 Å². The molecule has 0 bridgehead atoms. The highest BCUT2D eigenvalue weighted by Crippen LogP contribution is 2.19. The van der Waals surface area contributed by atoms with Crippen molar-refractivity contribution in [3.05, 3.63) is 35.9 Å². The van der Waals surface area contributed by atoms with Crippen molar-refractivity contribution in [2.45, 2.75) is 45.1 Å². The Labute approximate surface area is 86.8 Å². The molecule has 0 aromatic heterocycles. The standard InChI is InChI=1S/C13H20O/c1-3-10-13(2,14)11-9-12-7-5-4-6-8-12/h4-8,14H,3,9-11H2,1-2H3. The van der Waals surface area contributed by atoms with Crippen LogP contribution in [0.5, 0.6) is 0 Å². The zero-order valence-corrected chi connectivity index (χ0v) is 9.16. The summed E-state index contributed by atoms with van der Waals surface area (Å²) in [4.78, 5) is 0. The third-order valence-corrected chi connectivity index (χ3v) is 2.58. The number of aryl methyl sites for hydroxylation is 1. The average molecular weight is 192 g/mol. The van der Waals surface area contributed by atoms with Gasteiger partial charge in [0.15, 0.2) is 0 Å². The fourth-order valence-electron chi connectivity index (χ4n) is 1.72. The van der Waals surface area contributed by atoms with Crippen LogP contribution in [0.25, 0.3) is 0 Å². The Morgan fingerprint density at radius 1 is 1.14 bits per heavy atom. The summed E-state index contributed by atoms with van der Waals surface area (Å²) in [6, 6.07) is 10.3. The zero-order valence-electron chi connectivity index (χ0n) is 9.16. The molecule has 1 nitrogen and oxygen atoms in total. The lowest BCUT2D eigenvalue weighted by molar-refractivity contribution is 0.0416. The molecule has 14 heavy (non-hydrogen) atoms. The molecule has 0 radical (unpaired) electrons. The first-order valence-corrected chi connectivity index (χ1v) is 5.40. The highest BCUT2D eigenvalue weighted by atomic mass is 16.3. The summed E-state index contributed by atoms with van der Waals surface area (Å²) in [5.74, 6) is 0. The second-order valence-electron chi connectivity index (χ2n) is 4.23. The Morgan fingerprint density at radius 3 is 2.36 bits per heavy atom. The van der Waals surface area contributed by atoms with Crippen LogP contribution in [-0.4, -0.2) is 10.7 Å². The van der Waals surface area contributed by atoms with Gasteiger partial charge in [-0.2, -0.15) is 0 Å². The summed E-state index contributed by atoms with van der Waals surface area (Å²) in [6.07, 6.45) is 3.75. The minimum atomic E-state index is -0.495. The van der Waals surface area contributed by atoms with E-state index in [9.17, 15) is 5.11 Å². The van der Waals surface area contributed by atoms with Crippen molar-refractivity contribution in [3.8, 4) is 0 Å². The molecule has 1 unspecified atom stereocenters. The number of hydrogen-bond acceptors (Lipinski definition) is 1. The van der Waals surface area contributed by atoms with Gasteiger partial charge < -0.3 is 5.11 Å². The molecule has 0 amide bonds. The molecule has 1 aromatic rings. The Bertz CT molecular complexity index is 251. The van der Waals surface area contributed by atoms with Crippen molar-refractivity contribution in [2.75, 3.05) is 0 Å². The van der Waals surface area contributed by atoms with E-state index in [0.717, 1.165) is 25.7 Å². The summed E-state index contributed by atoms with van der Waals surface area (Å²) in [5.41, 5.74) is 0.814. The van der Waals surface area contributed by atoms with Gasteiger partial charge in [-0.3, -0.25) is 0 Å². The molecule has 0 heterocycles. The smallest absolute Gasteiger partial charge is 0.0622 e. The van der Waals surface area contributed by atoms with Gasteiger partial charge in [-0.15, -0.1) is 0 Å². The quantitative estimate of drug-likeness (QED) is 0.759. The number of rotatable bonds is 5. The van der Waals surface area contributed by atoms with Gasteiger partial charge in [-0.05, 0) is 31.7 Å². The second-order valence-corrected chi connectivity index (χ2v) is 4.23. The van der Waals surface area contributed by atoms with Crippen LogP contribution in [-0.2, 0) is 6.42 Å². The summed E-state index contributed by atoms with van der Waals surface area (Å²) in [7, 11) is 0. The van der Waals surface area contributed by atoms with Crippen LogP contribution in [0.4, 0.5) is 0 Å². The van der Waals surface area contributed by atoms with Gasteiger partial charge in [0.1, 0.15) is 0 Å². The molecule has 1 rings (SSSR count). The fraction of sp³-hybridized carbons (Fsp3) is 0.538. The summed E-state index contributed by atoms with van der Waals surface area (Å²) < 4.78 is 0. The lowest BCUT2D eigenvalue weighted by Gasteiger charge is -2.22. The Balaban J connectivity index is 2.40. The van der Waals surface area contributed by atoms with Gasteiger partial charge in [0.2, 0.25) is 0 Å². The minimum absolute atomic E-state index is 0.495. The van der Waals surface area contributed by atoms with Crippen LogP contribution in [0.1, 0.15) is 38.7 Å². The second kappa shape index (κ2) is 5.16. The molecular weight excluding hydrogens is 172 g/mol. The Hall–Kier alpha value is -0.820. The van der Waals surface area contributed by atoms with Gasteiger partial charge in [-0.1, -0.05) is 43.7 Å². The molecular formula is C13H20O. The topological polar surface area (TPSA) is 20.2 Å². The van der Waals surface area contributed by atoms with Crippen molar-refractivity contribution in [3.63, 3.8) is 0 Å². The van der Waals surface area contributed by atoms with Crippen LogP contribution in [0.2, 0.25) is 0 Å². The first kappa shape index (κ1) is 11.3. The molecule has 1 N–H and O–H groups in total. The third kappa shape index (κ3) is 3.93. The van der Waals surface area contributed by atoms with Crippen LogP contribution in [0.3, 0.4) is 0 Å². The van der Waals surface area contributed by atoms with E-state index < -0.39 is 5.60 Å². The minimum Gasteiger partial charge on any atom is -0.390 e. The lowest BCUT2D eigenvalue weighted by Crippen LogP contribution is -2.24. The molecule has 0 aliphatic heterocycles. The fourth-order valence-corrected chi connectivity index (χ4v) is 1.72. The maximum absolute atomic E-state index is 9.98. The van der Waals surface area contributed by atoms with Crippen molar-refractivity contribution in [1.29, 1.82) is 0 Å². The molecule has 0 spiro atoms. The Kier molecular flexibility index (Phi) is 4.15. The van der Waals surface area contributed by atoms with Crippen molar-refractivity contribution in [2.24, 2.45) is 0 Å². The molecule has 0 aliphatic rings. The number of aliphatic hydroxyl groups is 1. The molecule has 0 saturated heterocycles. The van der Waals surface area contributed by atoms with Crippen molar-refractivity contribution in [1.82, 2.24) is 0 Å². The maximum atomic E-state index is 9.98. The van der Waals surface area contributed by atoms with E-state index in [1.165, 1.54) is 5.56 Å². The van der Waals surface area contributed by atoms with Gasteiger partial charge in [0.05, 0.1) is 5.60 Å². The SMILES string of the molecule is CCCC(C)(O)CCc1ccccc1. The highest BCUT2D eigenvalue weighted by Gasteiger charge is 2.18. The van der Waals surface area contributed by atoms with Gasteiger partial charge >= 0.3 is 0 Å². The van der Waals surface area contributed by atoms with Crippen LogP contribution < -0.4 is 0 Å². The molecule has 0 saturated carbocycles. The van der Waals surface area contributed by atoms with Gasteiger partial charge in [0, 0.05) is 0 Å². The van der Waals surface area contributed by atoms with E-state index in [1.54, 1.807) is 0 Å². The molecule has 1 aromatic carbocycles. The molecule has 1 heteroatoms. The van der Waals surface area contributed by atoms with Crippen LogP contribution >= 0.6 is 0 Å². The maximum Gasteiger partial charge on any atom is 0.0622 e. The normalized spacial score (nSPS) is 15.1. The number of hydrogen-bond donors (Lipinski definition) is 1. The number of benzene rings is 1. The van der Waals surface area contributed by atoms with E-state index >= 15 is 0 Å². The molecule has 0 fully saturated rings. The Morgan fingerprint density at radius 2 is 1.79 bits per heavy atom. The van der Waals surface area contributed by atoms with Crippen LogP contribution in [0, 0.1) is 0 Å². The summed E-state index contributed by atoms with van der Waals surface area (Å²) >= 11 is 0. The molecule has 1 atom stereocenters. The predicted octanol–water partition coefficient (Wildman–Crippen LogP) is 3.17. The third-order valence-electron chi connectivity index (χ3n) is 2.58. The molecule has 0 aliphatic carbocycles. The predicted molar refractivity (Wildman–Crippen MR) is 60.3 cm³/mol. The average Bonchev–Trinajstić information content (AvgIpc) is 2.17. The van der Waals surface area contributed by atoms with Gasteiger partial charge in [-0.25, -0.2) is 0 Å². The first-order valence-electron chi connectivity index (χ1n) is 5.40. The van der Waals surface area contributed by atoms with E-state index in [-0.39, 0.29) is 0 Å². The monoisotopic (exact) mass is 192 g/mol. The van der Waals surface area contributed by atoms with Crippen LogP contribution in [0.15, 0.2) is 30.3 Å². The lowest BCUT2D eigenvalue weighted by atomic mass is 9.93. The van der Waals surface area contributed by atoms with Crippen molar-refractivity contribution >= 4 is 0 Å². The van der Waals surface area contributed by atoms with E-state index in [4.69, 9.17) is 0 Å². The molecule has 78 valence electrons. The summed E-state index contributed by atoms with van der Waals surface area (Å²) in [6.45, 7) is 4.04. The summed E-state index contributed by atoms with van der Waals surface area (Å²) in [5, 5.41) is 9.98.